The molecule has 0 saturated heterocycles. The normalized spacial score (nSPS) is 12.1. The van der Waals surface area contributed by atoms with E-state index in [9.17, 15) is 4.79 Å². The van der Waals surface area contributed by atoms with E-state index in [1.54, 1.807) is 24.5 Å². The zero-order chi connectivity index (χ0) is 14.4. The highest BCUT2D eigenvalue weighted by atomic mass is 32.1. The highest BCUT2D eigenvalue weighted by Gasteiger charge is 2.12. The van der Waals surface area contributed by atoms with Gasteiger partial charge in [0.1, 0.15) is 0 Å². The maximum Gasteiger partial charge on any atom is 0.257 e. The summed E-state index contributed by atoms with van der Waals surface area (Å²) in [5.74, 6) is -0.164. The van der Waals surface area contributed by atoms with Crippen molar-refractivity contribution in [2.45, 2.75) is 26.3 Å². The molecule has 2 rings (SSSR count). The standard InChI is InChI=1S/C14H18N4OS/c1-3-6-16-10(2)12-9-20-14(17-12)18-13(19)11-4-7-15-8-5-11/h4-5,7-10,16H,3,6H2,1-2H3,(H,17,18,19). The van der Waals surface area contributed by atoms with Gasteiger partial charge in [-0.3, -0.25) is 15.1 Å². The van der Waals surface area contributed by atoms with Crippen LogP contribution in [0.5, 0.6) is 0 Å². The summed E-state index contributed by atoms with van der Waals surface area (Å²) in [4.78, 5) is 20.3. The molecule has 2 aromatic heterocycles. The summed E-state index contributed by atoms with van der Waals surface area (Å²) in [6.45, 7) is 5.15. The Morgan fingerprint density at radius 1 is 1.40 bits per heavy atom. The van der Waals surface area contributed by atoms with Gasteiger partial charge in [-0.15, -0.1) is 11.3 Å². The van der Waals surface area contributed by atoms with Crippen LogP contribution in [0.4, 0.5) is 5.13 Å². The molecule has 0 radical (unpaired) electrons. The van der Waals surface area contributed by atoms with Gasteiger partial charge in [0.05, 0.1) is 5.69 Å². The van der Waals surface area contributed by atoms with Crippen molar-refractivity contribution < 1.29 is 4.79 Å². The topological polar surface area (TPSA) is 66.9 Å². The molecule has 106 valence electrons. The van der Waals surface area contributed by atoms with Crippen molar-refractivity contribution in [2.75, 3.05) is 11.9 Å². The molecule has 0 aromatic carbocycles. The van der Waals surface area contributed by atoms with Crippen LogP contribution in [0.15, 0.2) is 29.9 Å². The Bertz CT molecular complexity index is 555. The number of hydrogen-bond donors (Lipinski definition) is 2. The molecule has 6 heteroatoms. The zero-order valence-corrected chi connectivity index (χ0v) is 12.4. The Morgan fingerprint density at radius 3 is 2.85 bits per heavy atom. The average molecular weight is 290 g/mol. The lowest BCUT2D eigenvalue weighted by Gasteiger charge is -2.09. The molecule has 5 nitrogen and oxygen atoms in total. The van der Waals surface area contributed by atoms with Gasteiger partial charge in [0, 0.05) is 29.4 Å². The van der Waals surface area contributed by atoms with Gasteiger partial charge < -0.3 is 5.32 Å². The minimum absolute atomic E-state index is 0.164. The van der Waals surface area contributed by atoms with Crippen LogP contribution in [0, 0.1) is 0 Å². The van der Waals surface area contributed by atoms with E-state index in [2.05, 4.69) is 34.4 Å². The molecule has 1 atom stereocenters. The molecule has 0 saturated carbocycles. The number of rotatable bonds is 6. The van der Waals surface area contributed by atoms with Crippen LogP contribution in [0.2, 0.25) is 0 Å². The van der Waals surface area contributed by atoms with Crippen molar-refractivity contribution in [1.82, 2.24) is 15.3 Å². The minimum atomic E-state index is -0.164. The second-order valence-electron chi connectivity index (χ2n) is 4.44. The molecule has 0 aliphatic carbocycles. The van der Waals surface area contributed by atoms with Crippen LogP contribution in [-0.4, -0.2) is 22.4 Å². The molecule has 0 aliphatic heterocycles. The molecule has 2 heterocycles. The highest BCUT2D eigenvalue weighted by Crippen LogP contribution is 2.21. The van der Waals surface area contributed by atoms with Crippen molar-refractivity contribution in [2.24, 2.45) is 0 Å². The number of pyridine rings is 1. The average Bonchev–Trinajstić information content (AvgIpc) is 2.94. The van der Waals surface area contributed by atoms with E-state index < -0.39 is 0 Å². The summed E-state index contributed by atoms with van der Waals surface area (Å²) < 4.78 is 0. The first kappa shape index (κ1) is 14.6. The number of carbonyl (C=O) groups excluding carboxylic acids is 1. The summed E-state index contributed by atoms with van der Waals surface area (Å²) in [7, 11) is 0. The van der Waals surface area contributed by atoms with Crippen molar-refractivity contribution >= 4 is 22.4 Å². The summed E-state index contributed by atoms with van der Waals surface area (Å²) >= 11 is 1.44. The molecular formula is C14H18N4OS. The van der Waals surface area contributed by atoms with Crippen LogP contribution in [-0.2, 0) is 0 Å². The Labute approximate surface area is 122 Å². The van der Waals surface area contributed by atoms with Crippen molar-refractivity contribution in [1.29, 1.82) is 0 Å². The van der Waals surface area contributed by atoms with Gasteiger partial charge in [0.2, 0.25) is 0 Å². The van der Waals surface area contributed by atoms with Crippen LogP contribution in [0.3, 0.4) is 0 Å². The monoisotopic (exact) mass is 290 g/mol. The molecule has 0 aliphatic rings. The van der Waals surface area contributed by atoms with Gasteiger partial charge in [0.15, 0.2) is 5.13 Å². The lowest BCUT2D eigenvalue weighted by molar-refractivity contribution is 0.102. The maximum atomic E-state index is 12.0. The van der Waals surface area contributed by atoms with E-state index in [-0.39, 0.29) is 11.9 Å². The Hall–Kier alpha value is -1.79. The fourth-order valence-electron chi connectivity index (χ4n) is 1.68. The van der Waals surface area contributed by atoms with Gasteiger partial charge in [-0.2, -0.15) is 0 Å². The van der Waals surface area contributed by atoms with Crippen LogP contribution in [0.25, 0.3) is 0 Å². The minimum Gasteiger partial charge on any atom is -0.309 e. The van der Waals surface area contributed by atoms with E-state index in [1.165, 1.54) is 11.3 Å². The molecule has 0 fully saturated rings. The first-order valence-electron chi connectivity index (χ1n) is 6.61. The van der Waals surface area contributed by atoms with E-state index in [1.807, 2.05) is 5.38 Å². The second-order valence-corrected chi connectivity index (χ2v) is 5.30. The largest absolute Gasteiger partial charge is 0.309 e. The predicted molar refractivity (Wildman–Crippen MR) is 81.0 cm³/mol. The summed E-state index contributed by atoms with van der Waals surface area (Å²) in [5.41, 5.74) is 1.53. The van der Waals surface area contributed by atoms with Gasteiger partial charge in [-0.1, -0.05) is 6.92 Å². The number of carbonyl (C=O) groups is 1. The second kappa shape index (κ2) is 7.12. The number of nitrogens with zero attached hydrogens (tertiary/aromatic N) is 2. The molecule has 1 amide bonds. The van der Waals surface area contributed by atoms with Crippen molar-refractivity contribution in [3.63, 3.8) is 0 Å². The third-order valence-electron chi connectivity index (χ3n) is 2.83. The smallest absolute Gasteiger partial charge is 0.257 e. The van der Waals surface area contributed by atoms with E-state index in [0.717, 1.165) is 18.7 Å². The third kappa shape index (κ3) is 3.85. The number of hydrogen-bond acceptors (Lipinski definition) is 5. The Balaban J connectivity index is 1.97. The number of thiazole rings is 1. The van der Waals surface area contributed by atoms with Crippen molar-refractivity contribution in [3.8, 4) is 0 Å². The third-order valence-corrected chi connectivity index (χ3v) is 3.61. The van der Waals surface area contributed by atoms with Crippen LogP contribution < -0.4 is 10.6 Å². The quantitative estimate of drug-likeness (QED) is 0.858. The zero-order valence-electron chi connectivity index (χ0n) is 11.6. The first-order chi connectivity index (χ1) is 9.70. The van der Waals surface area contributed by atoms with Gasteiger partial charge in [-0.05, 0) is 32.0 Å². The van der Waals surface area contributed by atoms with Crippen LogP contribution >= 0.6 is 11.3 Å². The Kier molecular flexibility index (Phi) is 5.20. The number of amides is 1. The molecular weight excluding hydrogens is 272 g/mol. The molecule has 2 aromatic rings. The SMILES string of the molecule is CCCNC(C)c1csc(NC(=O)c2ccncc2)n1. The van der Waals surface area contributed by atoms with E-state index in [0.29, 0.717) is 10.7 Å². The Morgan fingerprint density at radius 2 is 2.15 bits per heavy atom. The fraction of sp³-hybridized carbons (Fsp3) is 0.357. The molecule has 1 unspecified atom stereocenters. The van der Waals surface area contributed by atoms with Gasteiger partial charge >= 0.3 is 0 Å². The van der Waals surface area contributed by atoms with Crippen LogP contribution in [0.1, 0.15) is 42.4 Å². The first-order valence-corrected chi connectivity index (χ1v) is 7.49. The van der Waals surface area contributed by atoms with Crippen molar-refractivity contribution in [3.05, 3.63) is 41.2 Å². The van der Waals surface area contributed by atoms with Gasteiger partial charge in [-0.25, -0.2) is 4.98 Å². The summed E-state index contributed by atoms with van der Waals surface area (Å²) in [6.07, 6.45) is 4.28. The lowest BCUT2D eigenvalue weighted by Crippen LogP contribution is -2.19. The van der Waals surface area contributed by atoms with E-state index in [4.69, 9.17) is 0 Å². The number of aromatic nitrogens is 2. The number of nitrogens with one attached hydrogen (secondary N) is 2. The summed E-state index contributed by atoms with van der Waals surface area (Å²) in [6, 6.07) is 3.54. The number of anilines is 1. The van der Waals surface area contributed by atoms with E-state index >= 15 is 0 Å². The summed E-state index contributed by atoms with van der Waals surface area (Å²) in [5, 5.41) is 8.76. The molecule has 2 N–H and O–H groups in total. The molecule has 0 spiro atoms. The fourth-order valence-corrected chi connectivity index (χ4v) is 2.48. The maximum absolute atomic E-state index is 12.0. The highest BCUT2D eigenvalue weighted by molar-refractivity contribution is 7.14. The molecule has 0 bridgehead atoms. The predicted octanol–water partition coefficient (Wildman–Crippen LogP) is 2.85. The molecule has 20 heavy (non-hydrogen) atoms. The lowest BCUT2D eigenvalue weighted by atomic mass is 10.2. The van der Waals surface area contributed by atoms with Gasteiger partial charge in [0.25, 0.3) is 5.91 Å².